The maximum absolute atomic E-state index is 10.0. The minimum atomic E-state index is -0.123. The Kier molecular flexibility index (Phi) is 4.95. The highest BCUT2D eigenvalue weighted by atomic mass is 35.5. The molecule has 0 aliphatic carbocycles. The van der Waals surface area contributed by atoms with E-state index in [1.807, 2.05) is 6.07 Å². The van der Waals surface area contributed by atoms with E-state index in [2.05, 4.69) is 18.7 Å². The number of hydrogen-bond donors (Lipinski definition) is 2. The standard InChI is InChI=1S/C16H25ClN2O/c1-12-5-7-19(8-6-12)16(2,11-18)10-13-9-14(17)3-4-15(13)20/h3-4,9,12,20H,5-8,10-11,18H2,1-2H3. The number of phenols is 1. The van der Waals surface area contributed by atoms with Gasteiger partial charge in [-0.25, -0.2) is 0 Å². The van der Waals surface area contributed by atoms with Crippen molar-refractivity contribution in [1.29, 1.82) is 0 Å². The number of benzene rings is 1. The van der Waals surface area contributed by atoms with Gasteiger partial charge in [0.1, 0.15) is 5.75 Å². The molecule has 1 aromatic carbocycles. The lowest BCUT2D eigenvalue weighted by Gasteiger charge is -2.44. The Labute approximate surface area is 126 Å². The molecule has 0 spiro atoms. The van der Waals surface area contributed by atoms with Crippen LogP contribution in [0.5, 0.6) is 5.75 Å². The summed E-state index contributed by atoms with van der Waals surface area (Å²) in [5.41, 5.74) is 6.81. The van der Waals surface area contributed by atoms with Crippen LogP contribution in [0.1, 0.15) is 32.3 Å². The summed E-state index contributed by atoms with van der Waals surface area (Å²) in [5.74, 6) is 1.10. The van der Waals surface area contributed by atoms with Crippen LogP contribution in [0.3, 0.4) is 0 Å². The Bertz CT molecular complexity index is 458. The predicted octanol–water partition coefficient (Wildman–Crippen LogP) is 3.04. The predicted molar refractivity (Wildman–Crippen MR) is 84.3 cm³/mol. The van der Waals surface area contributed by atoms with E-state index in [1.54, 1.807) is 12.1 Å². The Balaban J connectivity index is 2.16. The van der Waals surface area contributed by atoms with E-state index in [-0.39, 0.29) is 5.54 Å². The number of rotatable bonds is 4. The topological polar surface area (TPSA) is 49.5 Å². The van der Waals surface area contributed by atoms with Gasteiger partial charge in [0.25, 0.3) is 0 Å². The number of hydrogen-bond acceptors (Lipinski definition) is 3. The molecule has 1 fully saturated rings. The summed E-state index contributed by atoms with van der Waals surface area (Å²) >= 11 is 6.04. The molecule has 20 heavy (non-hydrogen) atoms. The lowest BCUT2D eigenvalue weighted by atomic mass is 9.87. The van der Waals surface area contributed by atoms with Crippen molar-refractivity contribution in [3.63, 3.8) is 0 Å². The third-order valence-corrected chi connectivity index (χ3v) is 4.83. The molecule has 3 nitrogen and oxygen atoms in total. The van der Waals surface area contributed by atoms with E-state index in [1.165, 1.54) is 12.8 Å². The highest BCUT2D eigenvalue weighted by Crippen LogP contribution is 2.30. The fourth-order valence-electron chi connectivity index (χ4n) is 2.97. The summed E-state index contributed by atoms with van der Waals surface area (Å²) in [6.45, 7) is 7.23. The van der Waals surface area contributed by atoms with Gasteiger partial charge in [-0.05, 0) is 69.0 Å². The van der Waals surface area contributed by atoms with Crippen molar-refractivity contribution in [2.45, 2.75) is 38.6 Å². The summed E-state index contributed by atoms with van der Waals surface area (Å²) in [6, 6.07) is 5.22. The van der Waals surface area contributed by atoms with Crippen LogP contribution in [-0.4, -0.2) is 35.2 Å². The van der Waals surface area contributed by atoms with E-state index >= 15 is 0 Å². The average Bonchev–Trinajstić information content (AvgIpc) is 2.43. The Morgan fingerprint density at radius 3 is 2.65 bits per heavy atom. The van der Waals surface area contributed by atoms with E-state index < -0.39 is 0 Å². The van der Waals surface area contributed by atoms with Gasteiger partial charge in [-0.1, -0.05) is 18.5 Å². The van der Waals surface area contributed by atoms with Crippen LogP contribution in [0.15, 0.2) is 18.2 Å². The Hall–Kier alpha value is -0.770. The summed E-state index contributed by atoms with van der Waals surface area (Å²) in [5, 5.41) is 10.7. The molecule has 1 atom stereocenters. The van der Waals surface area contributed by atoms with Gasteiger partial charge in [0.15, 0.2) is 0 Å². The van der Waals surface area contributed by atoms with E-state index in [9.17, 15) is 5.11 Å². The van der Waals surface area contributed by atoms with E-state index in [0.717, 1.165) is 31.0 Å². The molecule has 4 heteroatoms. The normalized spacial score (nSPS) is 20.8. The van der Waals surface area contributed by atoms with Gasteiger partial charge in [-0.15, -0.1) is 0 Å². The smallest absolute Gasteiger partial charge is 0.118 e. The quantitative estimate of drug-likeness (QED) is 0.898. The zero-order valence-corrected chi connectivity index (χ0v) is 13.2. The number of nitrogens with two attached hydrogens (primary N) is 1. The van der Waals surface area contributed by atoms with Crippen molar-refractivity contribution in [2.75, 3.05) is 19.6 Å². The van der Waals surface area contributed by atoms with Crippen LogP contribution in [0.25, 0.3) is 0 Å². The molecule has 0 bridgehead atoms. The largest absolute Gasteiger partial charge is 0.508 e. The Morgan fingerprint density at radius 1 is 1.40 bits per heavy atom. The molecule has 0 aromatic heterocycles. The first-order chi connectivity index (χ1) is 9.44. The SMILES string of the molecule is CC1CCN(C(C)(CN)Cc2cc(Cl)ccc2O)CC1. The summed E-state index contributed by atoms with van der Waals surface area (Å²) in [7, 11) is 0. The number of halogens is 1. The molecular formula is C16H25ClN2O. The van der Waals surface area contributed by atoms with Crippen LogP contribution < -0.4 is 5.73 Å². The van der Waals surface area contributed by atoms with Crippen molar-refractivity contribution < 1.29 is 5.11 Å². The molecule has 1 unspecified atom stereocenters. The summed E-state index contributed by atoms with van der Waals surface area (Å²) < 4.78 is 0. The fraction of sp³-hybridized carbons (Fsp3) is 0.625. The molecule has 1 heterocycles. The average molecular weight is 297 g/mol. The lowest BCUT2D eigenvalue weighted by molar-refractivity contribution is 0.0704. The second-order valence-electron chi connectivity index (χ2n) is 6.32. The van der Waals surface area contributed by atoms with Crippen molar-refractivity contribution in [3.05, 3.63) is 28.8 Å². The molecule has 0 amide bonds. The van der Waals surface area contributed by atoms with Crippen LogP contribution in [0.4, 0.5) is 0 Å². The molecule has 0 radical (unpaired) electrons. The minimum absolute atomic E-state index is 0.123. The first-order valence-corrected chi connectivity index (χ1v) is 7.75. The van der Waals surface area contributed by atoms with Crippen molar-refractivity contribution in [1.82, 2.24) is 4.90 Å². The molecule has 0 saturated carbocycles. The summed E-state index contributed by atoms with van der Waals surface area (Å²) in [4.78, 5) is 2.47. The second-order valence-corrected chi connectivity index (χ2v) is 6.76. The van der Waals surface area contributed by atoms with Gasteiger partial charge in [0, 0.05) is 17.1 Å². The molecule has 3 N–H and O–H groups in total. The molecule has 1 aliphatic heterocycles. The number of likely N-dealkylation sites (tertiary alicyclic amines) is 1. The van der Waals surface area contributed by atoms with Crippen molar-refractivity contribution in [2.24, 2.45) is 11.7 Å². The van der Waals surface area contributed by atoms with Gasteiger partial charge in [0.05, 0.1) is 0 Å². The number of piperidine rings is 1. The zero-order chi connectivity index (χ0) is 14.8. The molecule has 1 aliphatic rings. The Morgan fingerprint density at radius 2 is 2.05 bits per heavy atom. The minimum Gasteiger partial charge on any atom is -0.508 e. The number of phenolic OH excluding ortho intramolecular Hbond substituents is 1. The maximum atomic E-state index is 10.0. The zero-order valence-electron chi connectivity index (χ0n) is 12.4. The monoisotopic (exact) mass is 296 g/mol. The van der Waals surface area contributed by atoms with Gasteiger partial charge < -0.3 is 10.8 Å². The van der Waals surface area contributed by atoms with Crippen molar-refractivity contribution in [3.8, 4) is 5.75 Å². The third-order valence-electron chi connectivity index (χ3n) is 4.60. The van der Waals surface area contributed by atoms with Crippen molar-refractivity contribution >= 4 is 11.6 Å². The maximum Gasteiger partial charge on any atom is 0.118 e. The molecule has 1 saturated heterocycles. The lowest BCUT2D eigenvalue weighted by Crippen LogP contribution is -2.55. The van der Waals surface area contributed by atoms with E-state index in [4.69, 9.17) is 17.3 Å². The fourth-order valence-corrected chi connectivity index (χ4v) is 3.16. The highest BCUT2D eigenvalue weighted by Gasteiger charge is 2.33. The van der Waals surface area contributed by atoms with Gasteiger partial charge in [0.2, 0.25) is 0 Å². The van der Waals surface area contributed by atoms with Gasteiger partial charge in [-0.2, -0.15) is 0 Å². The first kappa shape index (κ1) is 15.6. The van der Waals surface area contributed by atoms with Crippen LogP contribution >= 0.6 is 11.6 Å². The number of nitrogens with zero attached hydrogens (tertiary/aromatic N) is 1. The molecule has 2 rings (SSSR count). The third kappa shape index (κ3) is 3.46. The molecule has 1 aromatic rings. The van der Waals surface area contributed by atoms with Crippen LogP contribution in [0, 0.1) is 5.92 Å². The van der Waals surface area contributed by atoms with E-state index in [0.29, 0.717) is 17.3 Å². The van der Waals surface area contributed by atoms with Gasteiger partial charge in [-0.3, -0.25) is 4.90 Å². The van der Waals surface area contributed by atoms with Crippen LogP contribution in [-0.2, 0) is 6.42 Å². The molecular weight excluding hydrogens is 272 g/mol. The number of aromatic hydroxyl groups is 1. The second kappa shape index (κ2) is 6.33. The highest BCUT2D eigenvalue weighted by molar-refractivity contribution is 6.30. The van der Waals surface area contributed by atoms with Crippen LogP contribution in [0.2, 0.25) is 5.02 Å². The van der Waals surface area contributed by atoms with Gasteiger partial charge >= 0.3 is 0 Å². The first-order valence-electron chi connectivity index (χ1n) is 7.37. The molecule has 112 valence electrons. The summed E-state index contributed by atoms with van der Waals surface area (Å²) in [6.07, 6.45) is 3.17.